The van der Waals surface area contributed by atoms with E-state index in [-0.39, 0.29) is 0 Å². The Balaban J connectivity index is -0.000000874. The van der Waals surface area contributed by atoms with E-state index >= 15 is 0 Å². The highest BCUT2D eigenvalue weighted by molar-refractivity contribution is 7.45. The normalized spacial score (nSPS) is 11.5. The molecule has 0 rings (SSSR count). The van der Waals surface area contributed by atoms with Crippen molar-refractivity contribution in [3.8, 4) is 0 Å². The molecule has 0 fully saturated rings. The van der Waals surface area contributed by atoms with Crippen molar-refractivity contribution in [2.75, 3.05) is 39.3 Å². The van der Waals surface area contributed by atoms with Gasteiger partial charge in [0.15, 0.2) is 0 Å². The van der Waals surface area contributed by atoms with Crippen molar-refractivity contribution >= 4 is 7.82 Å². The molecule has 0 unspecified atom stereocenters. The van der Waals surface area contributed by atoms with Crippen LogP contribution in [0.4, 0.5) is 0 Å². The summed E-state index contributed by atoms with van der Waals surface area (Å²) in [5.74, 6) is 0. The van der Waals surface area contributed by atoms with Crippen LogP contribution >= 0.6 is 7.82 Å². The van der Waals surface area contributed by atoms with E-state index in [9.17, 15) is 0 Å². The molecule has 0 aliphatic carbocycles. The lowest BCUT2D eigenvalue weighted by molar-refractivity contribution is 0.254. The Labute approximate surface area is 347 Å². The van der Waals surface area contributed by atoms with E-state index in [1.54, 1.807) is 0 Å². The zero-order valence-electron chi connectivity index (χ0n) is 38.8. The van der Waals surface area contributed by atoms with Gasteiger partial charge in [-0.05, 0) is 77.8 Å². The van der Waals surface area contributed by atoms with Crippen molar-refractivity contribution in [1.82, 2.24) is 9.80 Å². The molecular weight excluding hydrogens is 700 g/mol. The Bertz CT molecular complexity index is 575. The third-order valence-corrected chi connectivity index (χ3v) is 11.0. The van der Waals surface area contributed by atoms with Gasteiger partial charge in [0.1, 0.15) is 0 Å². The van der Waals surface area contributed by atoms with Crippen molar-refractivity contribution in [3.05, 3.63) is 0 Å². The van der Waals surface area contributed by atoms with Gasteiger partial charge in [-0.25, -0.2) is 4.57 Å². The molecule has 0 aromatic rings. The van der Waals surface area contributed by atoms with E-state index in [0.717, 1.165) is 0 Å². The molecule has 0 aliphatic heterocycles. The van der Waals surface area contributed by atoms with E-state index in [1.807, 2.05) is 0 Å². The number of nitrogens with zero attached hydrogens (tertiary/aromatic N) is 2. The maximum atomic E-state index is 8.88. The van der Waals surface area contributed by atoms with Gasteiger partial charge >= 0.3 is 7.82 Å². The highest BCUT2D eigenvalue weighted by Crippen LogP contribution is 2.25. The smallest absolute Gasteiger partial charge is 0.303 e. The average Bonchev–Trinajstić information content (AvgIpc) is 3.15. The van der Waals surface area contributed by atoms with Crippen molar-refractivity contribution < 1.29 is 19.2 Å². The fourth-order valence-electron chi connectivity index (χ4n) is 7.37. The van der Waals surface area contributed by atoms with Crippen LogP contribution in [0.25, 0.3) is 0 Å². The van der Waals surface area contributed by atoms with Crippen LogP contribution in [0, 0.1) is 0 Å². The average molecular weight is 805 g/mol. The van der Waals surface area contributed by atoms with E-state index < -0.39 is 7.82 Å². The molecule has 0 spiro atoms. The number of unbranched alkanes of at least 4 members (excludes halogenated alkanes) is 30. The molecule has 0 heterocycles. The van der Waals surface area contributed by atoms with Gasteiger partial charge in [-0.1, -0.05) is 234 Å². The molecule has 0 radical (unpaired) electrons. The Kier molecular flexibility index (Phi) is 56.2. The summed E-state index contributed by atoms with van der Waals surface area (Å²) in [4.78, 5) is 27.1. The Morgan fingerprint density at radius 3 is 0.491 bits per heavy atom. The minimum absolute atomic E-state index is 1.36. The second-order valence-electron chi connectivity index (χ2n) is 16.8. The van der Waals surface area contributed by atoms with E-state index in [1.165, 1.54) is 270 Å². The molecule has 0 aliphatic rings. The largest absolute Gasteiger partial charge is 0.466 e. The lowest BCUT2D eigenvalue weighted by Gasteiger charge is -2.22. The molecule has 0 bridgehead atoms. The minimum Gasteiger partial charge on any atom is -0.303 e. The summed E-state index contributed by atoms with van der Waals surface area (Å²) >= 11 is 0. The van der Waals surface area contributed by atoms with Crippen LogP contribution < -0.4 is 0 Å². The summed E-state index contributed by atoms with van der Waals surface area (Å²) < 4.78 is 8.88. The molecule has 0 saturated heterocycles. The SMILES string of the molecule is CCCCCCCCN(CCCCCCCC)CCCCCCCC.CCCCCCCCN(CCCCCCCC)CCCCCCCC.O=P(O)(O)O. The van der Waals surface area contributed by atoms with Crippen LogP contribution in [0.15, 0.2) is 0 Å². The zero-order valence-corrected chi connectivity index (χ0v) is 39.7. The fourth-order valence-corrected chi connectivity index (χ4v) is 7.37. The van der Waals surface area contributed by atoms with Crippen LogP contribution in [0.3, 0.4) is 0 Å². The van der Waals surface area contributed by atoms with Crippen LogP contribution in [0.5, 0.6) is 0 Å². The molecular formula is C48H105N2O4P. The highest BCUT2D eigenvalue weighted by atomic mass is 31.2. The monoisotopic (exact) mass is 805 g/mol. The van der Waals surface area contributed by atoms with Gasteiger partial charge in [0.2, 0.25) is 0 Å². The Hall–Kier alpha value is 0.0300. The topological polar surface area (TPSA) is 84.2 Å². The number of hydrogen-bond donors (Lipinski definition) is 3. The van der Waals surface area contributed by atoms with Crippen LogP contribution in [-0.2, 0) is 4.57 Å². The van der Waals surface area contributed by atoms with E-state index in [4.69, 9.17) is 19.2 Å². The lowest BCUT2D eigenvalue weighted by Crippen LogP contribution is -2.27. The van der Waals surface area contributed by atoms with Gasteiger partial charge in [-0.2, -0.15) is 0 Å². The number of phosphoric acid groups is 1. The molecule has 55 heavy (non-hydrogen) atoms. The summed E-state index contributed by atoms with van der Waals surface area (Å²) in [6.45, 7) is 22.0. The first kappa shape index (κ1) is 59.3. The number of hydrogen-bond acceptors (Lipinski definition) is 3. The molecule has 0 amide bonds. The van der Waals surface area contributed by atoms with Gasteiger partial charge < -0.3 is 24.5 Å². The quantitative estimate of drug-likeness (QED) is 0.0421. The summed E-state index contributed by atoms with van der Waals surface area (Å²) in [6, 6.07) is 0. The first-order valence-corrected chi connectivity index (χ1v) is 26.5. The first-order chi connectivity index (χ1) is 26.7. The standard InChI is InChI=1S/2C24H51N.H3O4P/c2*1-4-7-10-13-16-19-22-25(23-20-17-14-11-8-5-2)24-21-18-15-12-9-6-3;1-5(2,3)4/h2*4-24H2,1-3H3;(H3,1,2,3,4). The molecule has 6 nitrogen and oxygen atoms in total. The molecule has 7 heteroatoms. The molecule has 0 aromatic heterocycles. The highest BCUT2D eigenvalue weighted by Gasteiger charge is 2.06. The minimum atomic E-state index is -4.64. The predicted octanol–water partition coefficient (Wildman–Crippen LogP) is 15.8. The van der Waals surface area contributed by atoms with E-state index in [2.05, 4.69) is 51.3 Å². The molecule has 0 aromatic carbocycles. The van der Waals surface area contributed by atoms with E-state index in [0.29, 0.717) is 0 Å². The van der Waals surface area contributed by atoms with Gasteiger partial charge in [-0.3, -0.25) is 0 Å². The Morgan fingerprint density at radius 1 is 0.255 bits per heavy atom. The summed E-state index contributed by atoms with van der Waals surface area (Å²) in [6.07, 6.45) is 51.4. The molecule has 0 saturated carbocycles. The maximum Gasteiger partial charge on any atom is 0.466 e. The second-order valence-corrected chi connectivity index (χ2v) is 17.8. The van der Waals surface area contributed by atoms with Crippen molar-refractivity contribution in [2.45, 2.75) is 273 Å². The first-order valence-electron chi connectivity index (χ1n) is 24.9. The zero-order chi connectivity index (χ0) is 41.4. The Morgan fingerprint density at radius 2 is 0.364 bits per heavy atom. The fraction of sp³-hybridized carbons (Fsp3) is 1.00. The van der Waals surface area contributed by atoms with Gasteiger partial charge in [0.05, 0.1) is 0 Å². The molecule has 0 atom stereocenters. The van der Waals surface area contributed by atoms with Crippen LogP contribution in [0.1, 0.15) is 273 Å². The van der Waals surface area contributed by atoms with Crippen molar-refractivity contribution in [1.29, 1.82) is 0 Å². The predicted molar refractivity (Wildman–Crippen MR) is 247 cm³/mol. The van der Waals surface area contributed by atoms with Crippen LogP contribution in [-0.4, -0.2) is 63.7 Å². The summed E-state index contributed by atoms with van der Waals surface area (Å²) in [5.41, 5.74) is 0. The molecule has 3 N–H and O–H groups in total. The lowest BCUT2D eigenvalue weighted by atomic mass is 10.1. The molecule has 336 valence electrons. The van der Waals surface area contributed by atoms with Gasteiger partial charge in [0, 0.05) is 0 Å². The third kappa shape index (κ3) is 63.4. The van der Waals surface area contributed by atoms with Gasteiger partial charge in [0.25, 0.3) is 0 Å². The second kappa shape index (κ2) is 52.0. The van der Waals surface area contributed by atoms with Crippen molar-refractivity contribution in [2.24, 2.45) is 0 Å². The maximum absolute atomic E-state index is 8.88. The summed E-state index contributed by atoms with van der Waals surface area (Å²) in [7, 11) is -4.64. The van der Waals surface area contributed by atoms with Gasteiger partial charge in [-0.15, -0.1) is 0 Å². The third-order valence-electron chi connectivity index (χ3n) is 11.0. The number of rotatable bonds is 42. The summed E-state index contributed by atoms with van der Waals surface area (Å²) in [5, 5.41) is 0. The van der Waals surface area contributed by atoms with Crippen molar-refractivity contribution in [3.63, 3.8) is 0 Å². The van der Waals surface area contributed by atoms with Crippen LogP contribution in [0.2, 0.25) is 0 Å².